The molecule has 0 aliphatic carbocycles. The molecule has 0 unspecified atom stereocenters. The lowest BCUT2D eigenvalue weighted by molar-refractivity contribution is -0.141. The molecule has 1 aliphatic heterocycles. The lowest BCUT2D eigenvalue weighted by Gasteiger charge is -2.31. The Labute approximate surface area is 91.6 Å². The lowest BCUT2D eigenvalue weighted by atomic mass is 10.3. The van der Waals surface area contributed by atoms with Crippen molar-refractivity contribution in [3.05, 3.63) is 0 Å². The van der Waals surface area contributed by atoms with Crippen molar-refractivity contribution in [1.82, 2.24) is 9.80 Å². The smallest absolute Gasteiger partial charge is 0.306 e. The molecule has 84 valence electrons. The number of carbonyl (C=O) groups excluding carboxylic acids is 1. The summed E-state index contributed by atoms with van der Waals surface area (Å²) in [5.41, 5.74) is 0. The van der Waals surface area contributed by atoms with Crippen LogP contribution in [0.3, 0.4) is 0 Å². The fourth-order valence-electron chi connectivity index (χ4n) is 1.42. The Balaban J connectivity index is 0.00000169. The molecule has 1 fully saturated rings. The SMILES string of the molecule is COC(=O)CCN1CCN(C)CC1.Cl. The monoisotopic (exact) mass is 222 g/mol. The molecule has 1 saturated heterocycles. The van der Waals surface area contributed by atoms with Gasteiger partial charge >= 0.3 is 5.97 Å². The summed E-state index contributed by atoms with van der Waals surface area (Å²) in [6.45, 7) is 5.16. The quantitative estimate of drug-likeness (QED) is 0.640. The Bertz CT molecular complexity index is 170. The summed E-state index contributed by atoms with van der Waals surface area (Å²) in [4.78, 5) is 15.5. The lowest BCUT2D eigenvalue weighted by Crippen LogP contribution is -2.45. The molecule has 1 aliphatic rings. The number of hydrogen-bond acceptors (Lipinski definition) is 4. The van der Waals surface area contributed by atoms with Crippen molar-refractivity contribution in [2.45, 2.75) is 6.42 Å². The maximum Gasteiger partial charge on any atom is 0.306 e. The molecule has 0 radical (unpaired) electrons. The Hall–Kier alpha value is -0.320. The van der Waals surface area contributed by atoms with Gasteiger partial charge in [0.2, 0.25) is 0 Å². The van der Waals surface area contributed by atoms with E-state index in [1.165, 1.54) is 7.11 Å². The molecule has 4 nitrogen and oxygen atoms in total. The van der Waals surface area contributed by atoms with Crippen LogP contribution in [0.4, 0.5) is 0 Å². The van der Waals surface area contributed by atoms with Crippen LogP contribution in [0.25, 0.3) is 0 Å². The van der Waals surface area contributed by atoms with Gasteiger partial charge in [0.25, 0.3) is 0 Å². The van der Waals surface area contributed by atoms with Crippen LogP contribution in [0.15, 0.2) is 0 Å². The third kappa shape index (κ3) is 4.79. The van der Waals surface area contributed by atoms with E-state index in [0.717, 1.165) is 32.7 Å². The third-order valence-corrected chi connectivity index (χ3v) is 2.46. The van der Waals surface area contributed by atoms with E-state index in [9.17, 15) is 4.79 Å². The van der Waals surface area contributed by atoms with E-state index in [4.69, 9.17) is 0 Å². The first-order chi connectivity index (χ1) is 6.22. The first-order valence-corrected chi connectivity index (χ1v) is 4.70. The fraction of sp³-hybridized carbons (Fsp3) is 0.889. The largest absolute Gasteiger partial charge is 0.469 e. The minimum Gasteiger partial charge on any atom is -0.469 e. The van der Waals surface area contributed by atoms with Crippen molar-refractivity contribution in [2.75, 3.05) is 46.9 Å². The van der Waals surface area contributed by atoms with Crippen molar-refractivity contribution >= 4 is 18.4 Å². The number of carbonyl (C=O) groups is 1. The third-order valence-electron chi connectivity index (χ3n) is 2.46. The highest BCUT2D eigenvalue weighted by molar-refractivity contribution is 5.85. The number of methoxy groups -OCH3 is 1. The molecule has 1 heterocycles. The van der Waals surface area contributed by atoms with Crippen LogP contribution >= 0.6 is 12.4 Å². The molecule has 0 amide bonds. The van der Waals surface area contributed by atoms with Crippen molar-refractivity contribution in [1.29, 1.82) is 0 Å². The van der Waals surface area contributed by atoms with E-state index in [0.29, 0.717) is 6.42 Å². The standard InChI is InChI=1S/C9H18N2O2.ClH/c1-10-5-7-11(8-6-10)4-3-9(12)13-2;/h3-8H2,1-2H3;1H. The van der Waals surface area contributed by atoms with Crippen LogP contribution in [-0.2, 0) is 9.53 Å². The van der Waals surface area contributed by atoms with Gasteiger partial charge in [-0.2, -0.15) is 0 Å². The van der Waals surface area contributed by atoms with Crippen molar-refractivity contribution in [3.8, 4) is 0 Å². The summed E-state index contributed by atoms with van der Waals surface area (Å²) < 4.78 is 4.59. The maximum atomic E-state index is 10.9. The van der Waals surface area contributed by atoms with Gasteiger partial charge in [0.15, 0.2) is 0 Å². The summed E-state index contributed by atoms with van der Waals surface area (Å²) in [6.07, 6.45) is 0.514. The molecule has 1 rings (SSSR count). The Morgan fingerprint density at radius 3 is 2.36 bits per heavy atom. The van der Waals surface area contributed by atoms with E-state index in [1.807, 2.05) is 0 Å². The van der Waals surface area contributed by atoms with E-state index in [-0.39, 0.29) is 18.4 Å². The number of halogens is 1. The molecule has 14 heavy (non-hydrogen) atoms. The fourth-order valence-corrected chi connectivity index (χ4v) is 1.42. The zero-order valence-electron chi connectivity index (χ0n) is 8.86. The van der Waals surface area contributed by atoms with Gasteiger partial charge in [0, 0.05) is 32.7 Å². The second kappa shape index (κ2) is 7.04. The van der Waals surface area contributed by atoms with E-state index in [2.05, 4.69) is 21.6 Å². The predicted octanol–water partition coefficient (Wildman–Crippen LogP) is 0.219. The van der Waals surface area contributed by atoms with Crippen LogP contribution in [0.2, 0.25) is 0 Å². The van der Waals surface area contributed by atoms with E-state index in [1.54, 1.807) is 0 Å². The summed E-state index contributed by atoms with van der Waals surface area (Å²) in [5, 5.41) is 0. The molecule has 0 spiro atoms. The molecule has 0 aromatic heterocycles. The molecular formula is C9H19ClN2O2. The average molecular weight is 223 g/mol. The Kier molecular flexibility index (Phi) is 6.87. The van der Waals surface area contributed by atoms with E-state index < -0.39 is 0 Å². The Morgan fingerprint density at radius 1 is 1.29 bits per heavy atom. The Morgan fingerprint density at radius 2 is 1.86 bits per heavy atom. The van der Waals surface area contributed by atoms with Crippen LogP contribution in [0.1, 0.15) is 6.42 Å². The maximum absolute atomic E-state index is 10.9. The summed E-state index contributed by atoms with van der Waals surface area (Å²) in [5.74, 6) is -0.112. The van der Waals surface area contributed by atoms with Gasteiger partial charge in [-0.3, -0.25) is 4.79 Å². The second-order valence-electron chi connectivity index (χ2n) is 3.47. The minimum atomic E-state index is -0.112. The van der Waals surface area contributed by atoms with Crippen LogP contribution in [0.5, 0.6) is 0 Å². The van der Waals surface area contributed by atoms with Crippen LogP contribution < -0.4 is 0 Å². The predicted molar refractivity (Wildman–Crippen MR) is 57.8 cm³/mol. The van der Waals surface area contributed by atoms with Gasteiger partial charge in [-0.1, -0.05) is 0 Å². The van der Waals surface area contributed by atoms with Gasteiger partial charge in [-0.25, -0.2) is 0 Å². The average Bonchev–Trinajstić information content (AvgIpc) is 2.16. The number of likely N-dealkylation sites (N-methyl/N-ethyl adjacent to an activating group) is 1. The van der Waals surface area contributed by atoms with E-state index >= 15 is 0 Å². The first-order valence-electron chi connectivity index (χ1n) is 4.70. The summed E-state index contributed by atoms with van der Waals surface area (Å²) >= 11 is 0. The van der Waals surface area contributed by atoms with Gasteiger partial charge in [-0.05, 0) is 7.05 Å². The highest BCUT2D eigenvalue weighted by Crippen LogP contribution is 2.00. The molecular weight excluding hydrogens is 204 g/mol. The molecule has 5 heteroatoms. The highest BCUT2D eigenvalue weighted by Gasteiger charge is 2.14. The number of piperazine rings is 1. The second-order valence-corrected chi connectivity index (χ2v) is 3.47. The van der Waals surface area contributed by atoms with Crippen LogP contribution in [0, 0.1) is 0 Å². The number of hydrogen-bond donors (Lipinski definition) is 0. The normalized spacial score (nSPS) is 18.7. The number of nitrogens with zero attached hydrogens (tertiary/aromatic N) is 2. The highest BCUT2D eigenvalue weighted by atomic mass is 35.5. The molecule has 0 atom stereocenters. The summed E-state index contributed by atoms with van der Waals surface area (Å²) in [6, 6.07) is 0. The summed E-state index contributed by atoms with van der Waals surface area (Å²) in [7, 11) is 3.56. The van der Waals surface area contributed by atoms with Gasteiger partial charge in [-0.15, -0.1) is 12.4 Å². The molecule has 0 aromatic carbocycles. The first kappa shape index (κ1) is 13.7. The van der Waals surface area contributed by atoms with Gasteiger partial charge < -0.3 is 14.5 Å². The number of rotatable bonds is 3. The van der Waals surface area contributed by atoms with Crippen LogP contribution in [-0.4, -0.2) is 62.7 Å². The van der Waals surface area contributed by atoms with Crippen molar-refractivity contribution in [3.63, 3.8) is 0 Å². The molecule has 0 saturated carbocycles. The number of ether oxygens (including phenoxy) is 1. The molecule has 0 bridgehead atoms. The zero-order valence-corrected chi connectivity index (χ0v) is 9.68. The van der Waals surface area contributed by atoms with Crippen molar-refractivity contribution < 1.29 is 9.53 Å². The molecule has 0 aromatic rings. The van der Waals surface area contributed by atoms with Gasteiger partial charge in [0.1, 0.15) is 0 Å². The van der Waals surface area contributed by atoms with Crippen molar-refractivity contribution in [2.24, 2.45) is 0 Å². The minimum absolute atomic E-state index is 0. The topological polar surface area (TPSA) is 32.8 Å². The zero-order chi connectivity index (χ0) is 9.68. The molecule has 0 N–H and O–H groups in total. The number of esters is 1. The van der Waals surface area contributed by atoms with Gasteiger partial charge in [0.05, 0.1) is 13.5 Å².